The van der Waals surface area contributed by atoms with Crippen molar-refractivity contribution in [2.75, 3.05) is 31.9 Å². The standard InChI is InChI=1S/C18H23N3O3S/c1-14-8-10-15(11-9-14)25(23,24)20-17-7-5-4-6-16(17)18(22)19-12-13-21(2)3/h4-11,20H,12-13H2,1-3H3,(H,19,22). The number of hydrogen-bond donors (Lipinski definition) is 2. The van der Waals surface area contributed by atoms with Gasteiger partial charge in [0.05, 0.1) is 16.1 Å². The molecule has 0 radical (unpaired) electrons. The van der Waals surface area contributed by atoms with Gasteiger partial charge in [0.2, 0.25) is 0 Å². The fraction of sp³-hybridized carbons (Fsp3) is 0.278. The molecular weight excluding hydrogens is 338 g/mol. The number of amides is 1. The summed E-state index contributed by atoms with van der Waals surface area (Å²) >= 11 is 0. The van der Waals surface area contributed by atoms with Gasteiger partial charge in [-0.25, -0.2) is 8.42 Å². The Labute approximate surface area is 148 Å². The summed E-state index contributed by atoms with van der Waals surface area (Å²) in [6, 6.07) is 13.1. The maximum absolute atomic E-state index is 12.5. The number of carbonyl (C=O) groups is 1. The fourth-order valence-electron chi connectivity index (χ4n) is 2.18. The van der Waals surface area contributed by atoms with E-state index in [1.807, 2.05) is 25.9 Å². The maximum Gasteiger partial charge on any atom is 0.261 e. The third kappa shape index (κ3) is 5.30. The van der Waals surface area contributed by atoms with E-state index in [1.165, 1.54) is 12.1 Å². The van der Waals surface area contributed by atoms with E-state index in [0.29, 0.717) is 13.1 Å². The number of hydrogen-bond acceptors (Lipinski definition) is 4. The lowest BCUT2D eigenvalue weighted by Crippen LogP contribution is -2.32. The van der Waals surface area contributed by atoms with E-state index in [9.17, 15) is 13.2 Å². The zero-order chi connectivity index (χ0) is 18.4. The van der Waals surface area contributed by atoms with Crippen LogP contribution in [0.25, 0.3) is 0 Å². The Kier molecular flexibility index (Phi) is 6.17. The van der Waals surface area contributed by atoms with Crippen LogP contribution in [0.5, 0.6) is 0 Å². The first-order valence-corrected chi connectivity index (χ1v) is 9.39. The third-order valence-corrected chi connectivity index (χ3v) is 4.97. The highest BCUT2D eigenvalue weighted by Crippen LogP contribution is 2.20. The highest BCUT2D eigenvalue weighted by molar-refractivity contribution is 7.92. The number of sulfonamides is 1. The molecule has 0 aromatic heterocycles. The summed E-state index contributed by atoms with van der Waals surface area (Å²) < 4.78 is 27.6. The minimum atomic E-state index is -3.76. The van der Waals surface area contributed by atoms with Crippen molar-refractivity contribution in [3.8, 4) is 0 Å². The van der Waals surface area contributed by atoms with E-state index in [0.717, 1.165) is 5.56 Å². The number of rotatable bonds is 7. The van der Waals surface area contributed by atoms with Crippen LogP contribution in [-0.2, 0) is 10.0 Å². The van der Waals surface area contributed by atoms with Gasteiger partial charge in [-0.05, 0) is 45.3 Å². The number of carbonyl (C=O) groups excluding carboxylic acids is 1. The molecule has 0 aliphatic carbocycles. The molecule has 0 aliphatic heterocycles. The first-order valence-electron chi connectivity index (χ1n) is 7.91. The van der Waals surface area contributed by atoms with E-state index in [4.69, 9.17) is 0 Å². The lowest BCUT2D eigenvalue weighted by Gasteiger charge is -2.14. The summed E-state index contributed by atoms with van der Waals surface area (Å²) in [7, 11) is 0.0667. The van der Waals surface area contributed by atoms with Gasteiger partial charge < -0.3 is 10.2 Å². The van der Waals surface area contributed by atoms with Crippen LogP contribution in [0, 0.1) is 6.92 Å². The van der Waals surface area contributed by atoms with Crippen molar-refractivity contribution in [1.82, 2.24) is 10.2 Å². The molecule has 2 aromatic rings. The Morgan fingerprint density at radius 1 is 1.04 bits per heavy atom. The lowest BCUT2D eigenvalue weighted by molar-refractivity contribution is 0.0952. The molecule has 1 amide bonds. The molecule has 2 N–H and O–H groups in total. The van der Waals surface area contributed by atoms with E-state index < -0.39 is 10.0 Å². The molecule has 0 atom stereocenters. The molecule has 6 nitrogen and oxygen atoms in total. The van der Waals surface area contributed by atoms with Crippen molar-refractivity contribution in [1.29, 1.82) is 0 Å². The average molecular weight is 361 g/mol. The van der Waals surface area contributed by atoms with Crippen molar-refractivity contribution in [3.63, 3.8) is 0 Å². The number of likely N-dealkylation sites (N-methyl/N-ethyl adjacent to an activating group) is 1. The SMILES string of the molecule is Cc1ccc(S(=O)(=O)Nc2ccccc2C(=O)NCCN(C)C)cc1. The molecule has 0 aliphatic rings. The number of nitrogens with zero attached hydrogens (tertiary/aromatic N) is 1. The Bertz CT molecular complexity index is 831. The molecule has 7 heteroatoms. The number of benzene rings is 2. The second-order valence-electron chi connectivity index (χ2n) is 6.02. The maximum atomic E-state index is 12.5. The molecule has 2 rings (SSSR count). The van der Waals surface area contributed by atoms with Crippen LogP contribution >= 0.6 is 0 Å². The molecule has 25 heavy (non-hydrogen) atoms. The molecule has 0 bridgehead atoms. The van der Waals surface area contributed by atoms with Crippen LogP contribution in [0.4, 0.5) is 5.69 Å². The Hall–Kier alpha value is -2.38. The second-order valence-corrected chi connectivity index (χ2v) is 7.71. The van der Waals surface area contributed by atoms with Crippen molar-refractivity contribution < 1.29 is 13.2 Å². The van der Waals surface area contributed by atoms with Crippen LogP contribution in [0.1, 0.15) is 15.9 Å². The number of aryl methyl sites for hydroxylation is 1. The van der Waals surface area contributed by atoms with Crippen LogP contribution in [0.2, 0.25) is 0 Å². The summed E-state index contributed by atoms with van der Waals surface area (Å²) in [5, 5.41) is 2.79. The Morgan fingerprint density at radius 3 is 2.32 bits per heavy atom. The molecule has 0 saturated carbocycles. The van der Waals surface area contributed by atoms with Crippen LogP contribution in [-0.4, -0.2) is 46.4 Å². The average Bonchev–Trinajstić information content (AvgIpc) is 2.55. The summed E-state index contributed by atoms with van der Waals surface area (Å²) in [5.41, 5.74) is 1.52. The normalized spacial score (nSPS) is 11.4. The number of para-hydroxylation sites is 1. The van der Waals surface area contributed by atoms with Crippen molar-refractivity contribution in [3.05, 3.63) is 59.7 Å². The smallest absolute Gasteiger partial charge is 0.261 e. The summed E-state index contributed by atoms with van der Waals surface area (Å²) in [6.07, 6.45) is 0. The van der Waals surface area contributed by atoms with Gasteiger partial charge in [0.25, 0.3) is 15.9 Å². The highest BCUT2D eigenvalue weighted by atomic mass is 32.2. The van der Waals surface area contributed by atoms with Gasteiger partial charge in [0, 0.05) is 13.1 Å². The summed E-state index contributed by atoms with van der Waals surface area (Å²) in [4.78, 5) is 14.5. The third-order valence-electron chi connectivity index (χ3n) is 3.59. The van der Waals surface area contributed by atoms with Crippen LogP contribution in [0.3, 0.4) is 0 Å². The van der Waals surface area contributed by atoms with Crippen molar-refractivity contribution in [2.45, 2.75) is 11.8 Å². The molecule has 0 spiro atoms. The van der Waals surface area contributed by atoms with E-state index >= 15 is 0 Å². The number of nitrogens with one attached hydrogen (secondary N) is 2. The monoisotopic (exact) mass is 361 g/mol. The predicted molar refractivity (Wildman–Crippen MR) is 99.3 cm³/mol. The minimum absolute atomic E-state index is 0.154. The summed E-state index contributed by atoms with van der Waals surface area (Å²) in [6.45, 7) is 3.06. The quantitative estimate of drug-likeness (QED) is 0.791. The van der Waals surface area contributed by atoms with Crippen molar-refractivity contribution >= 4 is 21.6 Å². The van der Waals surface area contributed by atoms with Crippen molar-refractivity contribution in [2.24, 2.45) is 0 Å². The Morgan fingerprint density at radius 2 is 1.68 bits per heavy atom. The van der Waals surface area contributed by atoms with Crippen LogP contribution < -0.4 is 10.0 Å². The zero-order valence-electron chi connectivity index (χ0n) is 14.6. The molecule has 0 heterocycles. The van der Waals surface area contributed by atoms with E-state index in [1.54, 1.807) is 36.4 Å². The topological polar surface area (TPSA) is 78.5 Å². The van der Waals surface area contributed by atoms with Gasteiger partial charge in [0.15, 0.2) is 0 Å². The first-order chi connectivity index (χ1) is 11.8. The van der Waals surface area contributed by atoms with Gasteiger partial charge >= 0.3 is 0 Å². The Balaban J connectivity index is 2.20. The fourth-order valence-corrected chi connectivity index (χ4v) is 3.26. The summed E-state index contributed by atoms with van der Waals surface area (Å²) in [5.74, 6) is -0.316. The zero-order valence-corrected chi connectivity index (χ0v) is 15.4. The molecule has 0 saturated heterocycles. The highest BCUT2D eigenvalue weighted by Gasteiger charge is 2.18. The first kappa shape index (κ1) is 19.0. The number of anilines is 1. The minimum Gasteiger partial charge on any atom is -0.351 e. The second kappa shape index (κ2) is 8.13. The van der Waals surface area contributed by atoms with E-state index in [2.05, 4.69) is 10.0 Å². The van der Waals surface area contributed by atoms with Gasteiger partial charge in [-0.1, -0.05) is 29.8 Å². The van der Waals surface area contributed by atoms with Gasteiger partial charge in [-0.2, -0.15) is 0 Å². The lowest BCUT2D eigenvalue weighted by atomic mass is 10.1. The molecule has 2 aromatic carbocycles. The molecule has 134 valence electrons. The molecule has 0 unspecified atom stereocenters. The largest absolute Gasteiger partial charge is 0.351 e. The van der Waals surface area contributed by atoms with Gasteiger partial charge in [-0.3, -0.25) is 9.52 Å². The van der Waals surface area contributed by atoms with Gasteiger partial charge in [0.1, 0.15) is 0 Å². The van der Waals surface area contributed by atoms with Crippen LogP contribution in [0.15, 0.2) is 53.4 Å². The molecular formula is C18H23N3O3S. The van der Waals surface area contributed by atoms with Gasteiger partial charge in [-0.15, -0.1) is 0 Å². The van der Waals surface area contributed by atoms with E-state index in [-0.39, 0.29) is 22.1 Å². The molecule has 0 fully saturated rings. The predicted octanol–water partition coefficient (Wildman–Crippen LogP) is 2.09.